The predicted molar refractivity (Wildman–Crippen MR) is 52.2 cm³/mol. The highest BCUT2D eigenvalue weighted by atomic mass is 32.2. The molecule has 0 aromatic heterocycles. The molecule has 2 heteroatoms. The van der Waals surface area contributed by atoms with E-state index in [2.05, 4.69) is 27.7 Å². The lowest BCUT2D eigenvalue weighted by Gasteiger charge is -2.30. The van der Waals surface area contributed by atoms with Crippen LogP contribution in [0.2, 0.25) is 0 Å². The van der Waals surface area contributed by atoms with E-state index in [0.29, 0.717) is 5.92 Å². The number of rotatable bonds is 3. The zero-order valence-electron chi connectivity index (χ0n) is 8.47. The molecule has 0 aromatic rings. The SMILES string of the molecule is CC(C)S(=O)C(C)(C)C(C)C. The van der Waals surface area contributed by atoms with Gasteiger partial charge in [0, 0.05) is 20.8 Å². The quantitative estimate of drug-likeness (QED) is 0.646. The van der Waals surface area contributed by atoms with E-state index in [1.165, 1.54) is 0 Å². The van der Waals surface area contributed by atoms with Crippen LogP contribution in [0.1, 0.15) is 41.5 Å². The lowest BCUT2D eigenvalue weighted by Crippen LogP contribution is -2.36. The summed E-state index contributed by atoms with van der Waals surface area (Å²) in [6.45, 7) is 12.4. The van der Waals surface area contributed by atoms with Crippen LogP contribution in [0.5, 0.6) is 0 Å². The largest absolute Gasteiger partial charge is 0.259 e. The molecule has 0 heterocycles. The molecule has 0 aliphatic rings. The Morgan fingerprint density at radius 2 is 1.45 bits per heavy atom. The summed E-state index contributed by atoms with van der Waals surface area (Å²) < 4.78 is 11.7. The standard InChI is InChI=1S/C9H20OS/c1-7(2)9(5,6)11(10)8(3)4/h7-8H,1-6H3. The fourth-order valence-corrected chi connectivity index (χ4v) is 2.52. The van der Waals surface area contributed by atoms with Crippen LogP contribution in [0.4, 0.5) is 0 Å². The minimum absolute atomic E-state index is 0.0475. The summed E-state index contributed by atoms with van der Waals surface area (Å²) in [4.78, 5) is 0. The van der Waals surface area contributed by atoms with Gasteiger partial charge in [0.2, 0.25) is 0 Å². The molecule has 0 aliphatic heterocycles. The average molecular weight is 176 g/mol. The lowest BCUT2D eigenvalue weighted by atomic mass is 10.00. The topological polar surface area (TPSA) is 17.1 Å². The van der Waals surface area contributed by atoms with E-state index in [4.69, 9.17) is 0 Å². The van der Waals surface area contributed by atoms with Crippen LogP contribution in [-0.4, -0.2) is 14.2 Å². The van der Waals surface area contributed by atoms with Crippen LogP contribution in [-0.2, 0) is 10.8 Å². The minimum Gasteiger partial charge on any atom is -0.259 e. The van der Waals surface area contributed by atoms with Crippen LogP contribution in [0.15, 0.2) is 0 Å². The Labute approximate surface area is 73.0 Å². The van der Waals surface area contributed by atoms with Crippen LogP contribution in [0.3, 0.4) is 0 Å². The maximum atomic E-state index is 11.7. The van der Waals surface area contributed by atoms with E-state index >= 15 is 0 Å². The van der Waals surface area contributed by atoms with Gasteiger partial charge in [-0.15, -0.1) is 0 Å². The third kappa shape index (κ3) is 2.58. The maximum absolute atomic E-state index is 11.7. The van der Waals surface area contributed by atoms with Gasteiger partial charge in [-0.05, 0) is 19.8 Å². The Morgan fingerprint density at radius 1 is 1.09 bits per heavy atom. The molecule has 0 spiro atoms. The van der Waals surface area contributed by atoms with Crippen molar-refractivity contribution in [3.8, 4) is 0 Å². The van der Waals surface area contributed by atoms with Crippen LogP contribution >= 0.6 is 0 Å². The van der Waals surface area contributed by atoms with Crippen molar-refractivity contribution in [1.82, 2.24) is 0 Å². The second-order valence-electron chi connectivity index (χ2n) is 4.10. The van der Waals surface area contributed by atoms with Crippen molar-refractivity contribution in [1.29, 1.82) is 0 Å². The summed E-state index contributed by atoms with van der Waals surface area (Å²) in [6.07, 6.45) is 0. The molecule has 0 aliphatic carbocycles. The Kier molecular flexibility index (Phi) is 3.75. The van der Waals surface area contributed by atoms with Crippen molar-refractivity contribution in [3.63, 3.8) is 0 Å². The summed E-state index contributed by atoms with van der Waals surface area (Å²) in [5.74, 6) is 0.478. The molecule has 68 valence electrons. The lowest BCUT2D eigenvalue weighted by molar-refractivity contribution is 0.481. The summed E-state index contributed by atoms with van der Waals surface area (Å²) in [5, 5.41) is 0.271. The Balaban J connectivity index is 4.43. The zero-order valence-corrected chi connectivity index (χ0v) is 9.29. The molecule has 0 radical (unpaired) electrons. The molecule has 0 bridgehead atoms. The van der Waals surface area contributed by atoms with Crippen molar-refractivity contribution in [2.75, 3.05) is 0 Å². The molecule has 1 unspecified atom stereocenters. The molecular weight excluding hydrogens is 156 g/mol. The highest BCUT2D eigenvalue weighted by Gasteiger charge is 2.30. The minimum atomic E-state index is -0.712. The molecule has 0 saturated heterocycles. The highest BCUT2D eigenvalue weighted by molar-refractivity contribution is 7.87. The van der Waals surface area contributed by atoms with Crippen LogP contribution < -0.4 is 0 Å². The van der Waals surface area contributed by atoms with Crippen molar-refractivity contribution in [2.24, 2.45) is 5.92 Å². The number of hydrogen-bond acceptors (Lipinski definition) is 1. The average Bonchev–Trinajstić information content (AvgIpc) is 1.85. The third-order valence-electron chi connectivity index (χ3n) is 2.34. The predicted octanol–water partition coefficient (Wildman–Crippen LogP) is 2.58. The molecule has 1 atom stereocenters. The van der Waals surface area contributed by atoms with E-state index in [0.717, 1.165) is 0 Å². The second-order valence-corrected chi connectivity index (χ2v) is 6.69. The molecule has 0 rings (SSSR count). The first-order chi connectivity index (χ1) is 4.80. The molecule has 0 aromatic carbocycles. The van der Waals surface area contributed by atoms with E-state index in [1.807, 2.05) is 13.8 Å². The fourth-order valence-electron chi connectivity index (χ4n) is 0.840. The van der Waals surface area contributed by atoms with Gasteiger partial charge in [0.05, 0.1) is 0 Å². The Hall–Kier alpha value is 0.150. The normalized spacial score (nSPS) is 16.0. The van der Waals surface area contributed by atoms with Crippen molar-refractivity contribution in [2.45, 2.75) is 51.5 Å². The second kappa shape index (κ2) is 3.70. The van der Waals surface area contributed by atoms with E-state index < -0.39 is 10.8 Å². The van der Waals surface area contributed by atoms with Gasteiger partial charge in [0.1, 0.15) is 0 Å². The van der Waals surface area contributed by atoms with Crippen molar-refractivity contribution in [3.05, 3.63) is 0 Å². The smallest absolute Gasteiger partial charge is 0.0428 e. The van der Waals surface area contributed by atoms with Crippen LogP contribution in [0, 0.1) is 5.92 Å². The van der Waals surface area contributed by atoms with Gasteiger partial charge in [0.25, 0.3) is 0 Å². The first-order valence-corrected chi connectivity index (χ1v) is 5.42. The van der Waals surface area contributed by atoms with Crippen LogP contribution in [0.25, 0.3) is 0 Å². The van der Waals surface area contributed by atoms with E-state index in [1.54, 1.807) is 0 Å². The summed E-state index contributed by atoms with van der Waals surface area (Å²) >= 11 is 0. The Morgan fingerprint density at radius 3 is 1.55 bits per heavy atom. The van der Waals surface area contributed by atoms with E-state index in [-0.39, 0.29) is 10.00 Å². The highest BCUT2D eigenvalue weighted by Crippen LogP contribution is 2.25. The third-order valence-corrected chi connectivity index (χ3v) is 4.70. The molecule has 11 heavy (non-hydrogen) atoms. The van der Waals surface area contributed by atoms with Gasteiger partial charge in [0.15, 0.2) is 0 Å². The van der Waals surface area contributed by atoms with Crippen molar-refractivity contribution >= 4 is 10.8 Å². The first-order valence-electron chi connectivity index (χ1n) is 4.20. The summed E-state index contributed by atoms with van der Waals surface area (Å²) in [5.41, 5.74) is 0. The summed E-state index contributed by atoms with van der Waals surface area (Å²) in [7, 11) is -0.712. The molecule has 0 saturated carbocycles. The summed E-state index contributed by atoms with van der Waals surface area (Å²) in [6, 6.07) is 0. The maximum Gasteiger partial charge on any atom is 0.0428 e. The fraction of sp³-hybridized carbons (Fsp3) is 1.00. The van der Waals surface area contributed by atoms with Gasteiger partial charge in [-0.25, -0.2) is 0 Å². The first kappa shape index (κ1) is 11.2. The van der Waals surface area contributed by atoms with Gasteiger partial charge >= 0.3 is 0 Å². The zero-order chi connectivity index (χ0) is 9.23. The van der Waals surface area contributed by atoms with E-state index in [9.17, 15) is 4.21 Å². The van der Waals surface area contributed by atoms with Gasteiger partial charge < -0.3 is 0 Å². The molecule has 0 N–H and O–H groups in total. The molecule has 0 fully saturated rings. The van der Waals surface area contributed by atoms with Gasteiger partial charge in [-0.3, -0.25) is 4.21 Å². The van der Waals surface area contributed by atoms with Gasteiger partial charge in [-0.1, -0.05) is 27.7 Å². The Bertz CT molecular complexity index is 148. The van der Waals surface area contributed by atoms with Gasteiger partial charge in [-0.2, -0.15) is 0 Å². The molecule has 0 amide bonds. The molecular formula is C9H20OS. The molecule has 1 nitrogen and oxygen atoms in total. The van der Waals surface area contributed by atoms with Crippen molar-refractivity contribution < 1.29 is 4.21 Å². The number of hydrogen-bond donors (Lipinski definition) is 0. The monoisotopic (exact) mass is 176 g/mol.